The van der Waals surface area contributed by atoms with E-state index in [0.29, 0.717) is 22.3 Å². The lowest BCUT2D eigenvalue weighted by Crippen LogP contribution is -2.18. The SMILES string of the molecule is O=C(Nc1ccc2[nH]c(=O)[nH]c2c1)c1cnn2ccc(N3CCCC3)cc12. The fourth-order valence-corrected chi connectivity index (χ4v) is 3.63. The second-order valence-corrected chi connectivity index (χ2v) is 6.76. The molecule has 4 aromatic rings. The zero-order chi connectivity index (χ0) is 18.4. The van der Waals surface area contributed by atoms with Gasteiger partial charge < -0.3 is 20.2 Å². The van der Waals surface area contributed by atoms with Gasteiger partial charge in [0.05, 0.1) is 28.3 Å². The highest BCUT2D eigenvalue weighted by Gasteiger charge is 2.17. The average molecular weight is 362 g/mol. The number of amides is 1. The molecule has 1 aliphatic rings. The van der Waals surface area contributed by atoms with Gasteiger partial charge in [-0.2, -0.15) is 5.10 Å². The number of aromatic amines is 2. The number of nitrogens with zero attached hydrogens (tertiary/aromatic N) is 3. The minimum Gasteiger partial charge on any atom is -0.371 e. The maximum Gasteiger partial charge on any atom is 0.323 e. The van der Waals surface area contributed by atoms with Crippen LogP contribution in [0.2, 0.25) is 0 Å². The third kappa shape index (κ3) is 2.75. The number of hydrogen-bond donors (Lipinski definition) is 3. The van der Waals surface area contributed by atoms with Gasteiger partial charge in [0.2, 0.25) is 0 Å². The number of rotatable bonds is 3. The molecule has 8 heteroatoms. The number of H-pyrrole nitrogens is 2. The lowest BCUT2D eigenvalue weighted by molar-refractivity contribution is 0.102. The Bertz CT molecular complexity index is 1210. The molecule has 0 aliphatic carbocycles. The van der Waals surface area contributed by atoms with Gasteiger partial charge in [0.25, 0.3) is 5.91 Å². The van der Waals surface area contributed by atoms with E-state index in [2.05, 4.69) is 25.3 Å². The first kappa shape index (κ1) is 15.7. The van der Waals surface area contributed by atoms with Crippen LogP contribution in [0, 0.1) is 0 Å². The zero-order valence-electron chi connectivity index (χ0n) is 14.5. The van der Waals surface area contributed by atoms with Crippen LogP contribution in [0.3, 0.4) is 0 Å². The third-order valence-corrected chi connectivity index (χ3v) is 4.99. The number of fused-ring (bicyclic) bond motifs is 2. The Morgan fingerprint density at radius 2 is 1.89 bits per heavy atom. The van der Waals surface area contributed by atoms with Gasteiger partial charge in [-0.25, -0.2) is 9.31 Å². The molecule has 1 amide bonds. The zero-order valence-corrected chi connectivity index (χ0v) is 14.5. The molecule has 0 radical (unpaired) electrons. The maximum atomic E-state index is 12.8. The van der Waals surface area contributed by atoms with Crippen LogP contribution in [0.25, 0.3) is 16.6 Å². The standard InChI is InChI=1S/C19H18N6O2/c26-18(21-12-3-4-15-16(9-12)23-19(27)22-15)14-11-20-25-8-5-13(10-17(14)25)24-6-1-2-7-24/h3-5,8-11H,1-2,6-7H2,(H,21,26)(H2,22,23,27). The summed E-state index contributed by atoms with van der Waals surface area (Å²) in [6, 6.07) is 9.28. The van der Waals surface area contributed by atoms with Gasteiger partial charge in [-0.15, -0.1) is 0 Å². The van der Waals surface area contributed by atoms with Crippen LogP contribution >= 0.6 is 0 Å². The fraction of sp³-hybridized carbons (Fsp3) is 0.211. The summed E-state index contributed by atoms with van der Waals surface area (Å²) in [6.07, 6.45) is 5.86. The van der Waals surface area contributed by atoms with Crippen molar-refractivity contribution in [1.82, 2.24) is 19.6 Å². The van der Waals surface area contributed by atoms with Gasteiger partial charge in [-0.3, -0.25) is 4.79 Å². The van der Waals surface area contributed by atoms with Crippen molar-refractivity contribution < 1.29 is 4.79 Å². The first-order valence-electron chi connectivity index (χ1n) is 8.93. The molecule has 1 aliphatic heterocycles. The van der Waals surface area contributed by atoms with Crippen molar-refractivity contribution in [3.05, 3.63) is 58.8 Å². The number of imidazole rings is 1. The molecule has 27 heavy (non-hydrogen) atoms. The van der Waals surface area contributed by atoms with E-state index in [1.165, 1.54) is 12.8 Å². The van der Waals surface area contributed by atoms with Crippen LogP contribution in [-0.2, 0) is 0 Å². The minimum atomic E-state index is -0.273. The monoisotopic (exact) mass is 362 g/mol. The van der Waals surface area contributed by atoms with Crippen molar-refractivity contribution in [1.29, 1.82) is 0 Å². The summed E-state index contributed by atoms with van der Waals surface area (Å²) < 4.78 is 1.71. The van der Waals surface area contributed by atoms with Gasteiger partial charge in [-0.05, 0) is 43.2 Å². The minimum absolute atomic E-state index is 0.235. The van der Waals surface area contributed by atoms with Crippen LogP contribution in [-0.4, -0.2) is 38.6 Å². The highest BCUT2D eigenvalue weighted by molar-refractivity contribution is 6.09. The Labute approximate surface area is 153 Å². The van der Waals surface area contributed by atoms with Gasteiger partial charge >= 0.3 is 5.69 Å². The molecular formula is C19H18N6O2. The first-order chi connectivity index (χ1) is 13.2. The predicted octanol–water partition coefficient (Wildman–Crippen LogP) is 2.36. The van der Waals surface area contributed by atoms with E-state index in [1.54, 1.807) is 28.9 Å². The summed E-state index contributed by atoms with van der Waals surface area (Å²) in [5, 5.41) is 7.17. The second kappa shape index (κ2) is 6.01. The largest absolute Gasteiger partial charge is 0.371 e. The molecule has 136 valence electrons. The van der Waals surface area contributed by atoms with E-state index in [0.717, 1.165) is 24.3 Å². The number of hydrogen-bond acceptors (Lipinski definition) is 4. The van der Waals surface area contributed by atoms with Gasteiger partial charge in [-0.1, -0.05) is 0 Å². The van der Waals surface area contributed by atoms with Crippen LogP contribution in [0.5, 0.6) is 0 Å². The molecule has 3 N–H and O–H groups in total. The third-order valence-electron chi connectivity index (χ3n) is 4.99. The summed E-state index contributed by atoms with van der Waals surface area (Å²) >= 11 is 0. The Morgan fingerprint density at radius 3 is 2.74 bits per heavy atom. The molecule has 4 heterocycles. The fourth-order valence-electron chi connectivity index (χ4n) is 3.63. The van der Waals surface area contributed by atoms with E-state index >= 15 is 0 Å². The molecule has 3 aromatic heterocycles. The number of nitrogens with one attached hydrogen (secondary N) is 3. The number of carbonyl (C=O) groups is 1. The number of anilines is 2. The van der Waals surface area contributed by atoms with Crippen molar-refractivity contribution in [2.75, 3.05) is 23.3 Å². The first-order valence-corrected chi connectivity index (χ1v) is 8.93. The molecule has 0 atom stereocenters. The normalized spacial score (nSPS) is 14.3. The summed E-state index contributed by atoms with van der Waals surface area (Å²) in [6.45, 7) is 2.08. The average Bonchev–Trinajstić information content (AvgIpc) is 3.39. The van der Waals surface area contributed by atoms with Gasteiger partial charge in [0.15, 0.2) is 0 Å². The van der Waals surface area contributed by atoms with Crippen LogP contribution in [0.15, 0.2) is 47.5 Å². The molecule has 0 spiro atoms. The molecule has 8 nitrogen and oxygen atoms in total. The number of pyridine rings is 1. The van der Waals surface area contributed by atoms with Crippen molar-refractivity contribution in [2.45, 2.75) is 12.8 Å². The molecule has 0 bridgehead atoms. The smallest absolute Gasteiger partial charge is 0.323 e. The Balaban J connectivity index is 1.46. The molecule has 1 aromatic carbocycles. The Hall–Kier alpha value is -3.55. The van der Waals surface area contributed by atoms with E-state index in [4.69, 9.17) is 0 Å². The van der Waals surface area contributed by atoms with Gasteiger partial charge in [0.1, 0.15) is 0 Å². The van der Waals surface area contributed by atoms with Crippen molar-refractivity contribution in [3.63, 3.8) is 0 Å². The van der Waals surface area contributed by atoms with Crippen molar-refractivity contribution in [3.8, 4) is 0 Å². The van der Waals surface area contributed by atoms with Crippen molar-refractivity contribution >= 4 is 33.8 Å². The molecular weight excluding hydrogens is 344 g/mol. The Kier molecular flexibility index (Phi) is 3.49. The molecule has 1 saturated heterocycles. The number of carbonyl (C=O) groups excluding carboxylic acids is 1. The van der Waals surface area contributed by atoms with Crippen molar-refractivity contribution in [2.24, 2.45) is 0 Å². The van der Waals surface area contributed by atoms with E-state index in [9.17, 15) is 9.59 Å². The second-order valence-electron chi connectivity index (χ2n) is 6.76. The van der Waals surface area contributed by atoms with Crippen LogP contribution in [0.1, 0.15) is 23.2 Å². The molecule has 0 saturated carbocycles. The molecule has 1 fully saturated rings. The van der Waals surface area contributed by atoms with E-state index in [1.807, 2.05) is 18.3 Å². The lowest BCUT2D eigenvalue weighted by Gasteiger charge is -2.17. The topological polar surface area (TPSA) is 98.3 Å². The summed E-state index contributed by atoms with van der Waals surface area (Å²) in [5.74, 6) is -0.235. The summed E-state index contributed by atoms with van der Waals surface area (Å²) in [4.78, 5) is 31.9. The van der Waals surface area contributed by atoms with E-state index in [-0.39, 0.29) is 11.6 Å². The highest BCUT2D eigenvalue weighted by atomic mass is 16.2. The molecule has 5 rings (SSSR count). The number of benzene rings is 1. The summed E-state index contributed by atoms with van der Waals surface area (Å²) in [5.41, 5.74) is 4.08. The Morgan fingerprint density at radius 1 is 1.07 bits per heavy atom. The van der Waals surface area contributed by atoms with Crippen LogP contribution in [0.4, 0.5) is 11.4 Å². The summed E-state index contributed by atoms with van der Waals surface area (Å²) in [7, 11) is 0. The quantitative estimate of drug-likeness (QED) is 0.521. The predicted molar refractivity (Wildman–Crippen MR) is 104 cm³/mol. The highest BCUT2D eigenvalue weighted by Crippen LogP contribution is 2.24. The van der Waals surface area contributed by atoms with Crippen LogP contribution < -0.4 is 15.9 Å². The lowest BCUT2D eigenvalue weighted by atomic mass is 10.2. The van der Waals surface area contributed by atoms with Gasteiger partial charge in [0, 0.05) is 30.7 Å². The van der Waals surface area contributed by atoms with E-state index < -0.39 is 0 Å². The number of aromatic nitrogens is 4. The maximum absolute atomic E-state index is 12.8. The molecule has 0 unspecified atom stereocenters.